The van der Waals surface area contributed by atoms with Crippen molar-refractivity contribution >= 4 is 27.5 Å². The number of amides is 2. The standard InChI is InChI=1S/C25H35N3O6S/c1-7-21(25(30)26-8-2)27(16-19-10-9-11-20(15-19)33-4)24(29)17-28(35(6,31)32)22-14-18(3)12-13-23(22)34-5/h9-15,21H,7-8,16-17H2,1-6H3,(H,26,30)/t21-/m0/s1. The van der Waals surface area contributed by atoms with E-state index < -0.39 is 28.5 Å². The van der Waals surface area contributed by atoms with Gasteiger partial charge in [-0.2, -0.15) is 0 Å². The van der Waals surface area contributed by atoms with Crippen molar-refractivity contribution in [2.45, 2.75) is 39.8 Å². The van der Waals surface area contributed by atoms with Crippen molar-refractivity contribution in [3.63, 3.8) is 0 Å². The van der Waals surface area contributed by atoms with E-state index in [4.69, 9.17) is 9.47 Å². The quantitative estimate of drug-likeness (QED) is 0.476. The number of carbonyl (C=O) groups is 2. The molecule has 0 radical (unpaired) electrons. The molecule has 0 bridgehead atoms. The Kier molecular flexibility index (Phi) is 9.94. The maximum absolute atomic E-state index is 13.7. The zero-order valence-corrected chi connectivity index (χ0v) is 22.0. The summed E-state index contributed by atoms with van der Waals surface area (Å²) in [5, 5.41) is 2.77. The lowest BCUT2D eigenvalue weighted by Gasteiger charge is -2.33. The number of nitrogens with one attached hydrogen (secondary N) is 1. The molecule has 10 heteroatoms. The van der Waals surface area contributed by atoms with Gasteiger partial charge in [0.25, 0.3) is 0 Å². The Morgan fingerprint density at radius 3 is 2.34 bits per heavy atom. The molecule has 0 saturated heterocycles. The fourth-order valence-electron chi connectivity index (χ4n) is 3.77. The largest absolute Gasteiger partial charge is 0.497 e. The molecule has 1 N–H and O–H groups in total. The van der Waals surface area contributed by atoms with Crippen molar-refractivity contribution in [3.8, 4) is 11.5 Å². The highest BCUT2D eigenvalue weighted by atomic mass is 32.2. The van der Waals surface area contributed by atoms with Crippen molar-refractivity contribution < 1.29 is 27.5 Å². The molecule has 2 amide bonds. The Labute approximate surface area is 208 Å². The van der Waals surface area contributed by atoms with Crippen LogP contribution in [0.5, 0.6) is 11.5 Å². The summed E-state index contributed by atoms with van der Waals surface area (Å²) in [6, 6.07) is 11.5. The summed E-state index contributed by atoms with van der Waals surface area (Å²) in [6.07, 6.45) is 1.39. The number of hydrogen-bond donors (Lipinski definition) is 1. The number of ether oxygens (including phenoxy) is 2. The minimum absolute atomic E-state index is 0.105. The molecule has 0 aliphatic carbocycles. The molecule has 0 aromatic heterocycles. The first-order chi connectivity index (χ1) is 16.5. The predicted octanol–water partition coefficient (Wildman–Crippen LogP) is 2.72. The van der Waals surface area contributed by atoms with Crippen LogP contribution in [0.15, 0.2) is 42.5 Å². The molecule has 0 spiro atoms. The van der Waals surface area contributed by atoms with Crippen LogP contribution in [0.3, 0.4) is 0 Å². The third kappa shape index (κ3) is 7.35. The molecular weight excluding hydrogens is 470 g/mol. The van der Waals surface area contributed by atoms with E-state index in [9.17, 15) is 18.0 Å². The second kappa shape index (κ2) is 12.4. The number of methoxy groups -OCH3 is 2. The highest BCUT2D eigenvalue weighted by molar-refractivity contribution is 7.92. The molecule has 0 heterocycles. The maximum atomic E-state index is 13.7. The van der Waals surface area contributed by atoms with Gasteiger partial charge in [0.2, 0.25) is 21.8 Å². The molecule has 2 aromatic rings. The van der Waals surface area contributed by atoms with Crippen LogP contribution in [0.25, 0.3) is 0 Å². The van der Waals surface area contributed by atoms with Crippen molar-refractivity contribution in [1.29, 1.82) is 0 Å². The minimum Gasteiger partial charge on any atom is -0.497 e. The van der Waals surface area contributed by atoms with Crippen LogP contribution < -0.4 is 19.1 Å². The van der Waals surface area contributed by atoms with Crippen LogP contribution in [-0.4, -0.2) is 64.7 Å². The Bertz CT molecular complexity index is 1140. The van der Waals surface area contributed by atoms with Gasteiger partial charge in [-0.15, -0.1) is 0 Å². The summed E-state index contributed by atoms with van der Waals surface area (Å²) in [6.45, 7) is 5.46. The lowest BCUT2D eigenvalue weighted by atomic mass is 10.1. The number of nitrogens with zero attached hydrogens (tertiary/aromatic N) is 2. The Hall–Kier alpha value is -3.27. The first-order valence-corrected chi connectivity index (χ1v) is 13.2. The van der Waals surface area contributed by atoms with Crippen molar-refractivity contribution in [3.05, 3.63) is 53.6 Å². The number of rotatable bonds is 12. The SMILES string of the molecule is CCNC(=O)[C@H](CC)N(Cc1cccc(OC)c1)C(=O)CN(c1cc(C)ccc1OC)S(C)(=O)=O. The first-order valence-electron chi connectivity index (χ1n) is 11.4. The molecular formula is C25H35N3O6S. The summed E-state index contributed by atoms with van der Waals surface area (Å²) >= 11 is 0. The Morgan fingerprint density at radius 2 is 1.77 bits per heavy atom. The molecule has 2 aromatic carbocycles. The number of hydrogen-bond acceptors (Lipinski definition) is 6. The number of sulfonamides is 1. The molecule has 2 rings (SSSR count). The average Bonchev–Trinajstić information content (AvgIpc) is 2.81. The van der Waals surface area contributed by atoms with Gasteiger partial charge < -0.3 is 19.7 Å². The molecule has 35 heavy (non-hydrogen) atoms. The Balaban J connectivity index is 2.51. The van der Waals surface area contributed by atoms with Crippen LogP contribution in [0.4, 0.5) is 5.69 Å². The number of likely N-dealkylation sites (N-methyl/N-ethyl adjacent to an activating group) is 1. The van der Waals surface area contributed by atoms with E-state index >= 15 is 0 Å². The lowest BCUT2D eigenvalue weighted by Crippen LogP contribution is -2.52. The smallest absolute Gasteiger partial charge is 0.244 e. The predicted molar refractivity (Wildman–Crippen MR) is 136 cm³/mol. The van der Waals surface area contributed by atoms with Gasteiger partial charge >= 0.3 is 0 Å². The van der Waals surface area contributed by atoms with E-state index in [1.54, 1.807) is 50.4 Å². The molecule has 0 aliphatic heterocycles. The topological polar surface area (TPSA) is 105 Å². The lowest BCUT2D eigenvalue weighted by molar-refractivity contribution is -0.140. The number of benzene rings is 2. The van der Waals surface area contributed by atoms with Crippen LogP contribution in [-0.2, 0) is 26.2 Å². The van der Waals surface area contributed by atoms with E-state index in [-0.39, 0.29) is 18.1 Å². The number of carbonyl (C=O) groups excluding carboxylic acids is 2. The van der Waals surface area contributed by atoms with Gasteiger partial charge in [-0.3, -0.25) is 13.9 Å². The summed E-state index contributed by atoms with van der Waals surface area (Å²) in [4.78, 5) is 28.0. The van der Waals surface area contributed by atoms with Crippen molar-refractivity contribution in [1.82, 2.24) is 10.2 Å². The monoisotopic (exact) mass is 505 g/mol. The van der Waals surface area contributed by atoms with E-state index in [0.717, 1.165) is 21.7 Å². The summed E-state index contributed by atoms with van der Waals surface area (Å²) in [7, 11) is -0.872. The first kappa shape index (κ1) is 28.0. The summed E-state index contributed by atoms with van der Waals surface area (Å²) < 4.78 is 37.3. The second-order valence-corrected chi connectivity index (χ2v) is 10.0. The third-order valence-corrected chi connectivity index (χ3v) is 6.63. The van der Waals surface area contributed by atoms with Gasteiger partial charge in [0.05, 0.1) is 26.2 Å². The summed E-state index contributed by atoms with van der Waals surface area (Å²) in [5.41, 5.74) is 1.82. The van der Waals surface area contributed by atoms with E-state index in [1.807, 2.05) is 19.9 Å². The third-order valence-electron chi connectivity index (χ3n) is 5.51. The van der Waals surface area contributed by atoms with Crippen LogP contribution in [0, 0.1) is 6.92 Å². The molecule has 1 atom stereocenters. The molecule has 0 fully saturated rings. The Morgan fingerprint density at radius 1 is 1.06 bits per heavy atom. The highest BCUT2D eigenvalue weighted by Gasteiger charge is 2.32. The maximum Gasteiger partial charge on any atom is 0.244 e. The highest BCUT2D eigenvalue weighted by Crippen LogP contribution is 2.31. The molecule has 0 saturated carbocycles. The fourth-order valence-corrected chi connectivity index (χ4v) is 4.61. The van der Waals surface area contributed by atoms with Gasteiger partial charge in [-0.05, 0) is 55.7 Å². The van der Waals surface area contributed by atoms with Gasteiger partial charge in [0.15, 0.2) is 0 Å². The van der Waals surface area contributed by atoms with E-state index in [2.05, 4.69) is 5.32 Å². The second-order valence-electron chi connectivity index (χ2n) is 8.14. The average molecular weight is 506 g/mol. The van der Waals surface area contributed by atoms with Crippen LogP contribution in [0.1, 0.15) is 31.4 Å². The van der Waals surface area contributed by atoms with Gasteiger partial charge in [0.1, 0.15) is 24.1 Å². The molecule has 0 aliphatic rings. The van der Waals surface area contributed by atoms with Gasteiger partial charge in [-0.25, -0.2) is 8.42 Å². The fraction of sp³-hybridized carbons (Fsp3) is 0.440. The van der Waals surface area contributed by atoms with Crippen molar-refractivity contribution in [2.24, 2.45) is 0 Å². The zero-order chi connectivity index (χ0) is 26.2. The van der Waals surface area contributed by atoms with Crippen LogP contribution >= 0.6 is 0 Å². The van der Waals surface area contributed by atoms with Crippen molar-refractivity contribution in [2.75, 3.05) is 37.9 Å². The molecule has 0 unspecified atom stereocenters. The zero-order valence-electron chi connectivity index (χ0n) is 21.2. The van der Waals surface area contributed by atoms with Gasteiger partial charge in [-0.1, -0.05) is 25.1 Å². The van der Waals surface area contributed by atoms with E-state index in [1.165, 1.54) is 12.0 Å². The summed E-state index contributed by atoms with van der Waals surface area (Å²) in [5.74, 6) is 0.123. The molecule has 9 nitrogen and oxygen atoms in total. The van der Waals surface area contributed by atoms with Crippen LogP contribution in [0.2, 0.25) is 0 Å². The normalized spacial score (nSPS) is 11.9. The van der Waals surface area contributed by atoms with Gasteiger partial charge in [0, 0.05) is 13.1 Å². The number of aryl methyl sites for hydroxylation is 1. The molecule has 192 valence electrons. The minimum atomic E-state index is -3.86. The van der Waals surface area contributed by atoms with E-state index in [0.29, 0.717) is 24.5 Å². The number of anilines is 1.